The Hall–Kier alpha value is -2.76. The highest BCUT2D eigenvalue weighted by molar-refractivity contribution is 6.01. The summed E-state index contributed by atoms with van der Waals surface area (Å²) in [6.45, 7) is -1.11. The van der Waals surface area contributed by atoms with E-state index in [9.17, 15) is 13.6 Å². The van der Waals surface area contributed by atoms with Gasteiger partial charge in [-0.2, -0.15) is 8.78 Å². The Morgan fingerprint density at radius 2 is 2.00 bits per heavy atom. The van der Waals surface area contributed by atoms with E-state index >= 15 is 0 Å². The first-order chi connectivity index (χ1) is 10.5. The van der Waals surface area contributed by atoms with Gasteiger partial charge in [0.15, 0.2) is 0 Å². The van der Waals surface area contributed by atoms with Crippen molar-refractivity contribution in [3.8, 4) is 5.75 Å². The molecule has 2 aromatic rings. The van der Waals surface area contributed by atoms with E-state index in [0.29, 0.717) is 11.4 Å². The Morgan fingerprint density at radius 1 is 1.23 bits per heavy atom. The van der Waals surface area contributed by atoms with Crippen molar-refractivity contribution in [2.24, 2.45) is 0 Å². The SMILES string of the molecule is Cc1cccc(NC(=O)/C=C/c2ccccc2OC(F)F)n1. The Bertz CT molecular complexity index is 687. The molecule has 0 aliphatic rings. The first-order valence-electron chi connectivity index (χ1n) is 6.51. The molecule has 0 saturated heterocycles. The van der Waals surface area contributed by atoms with E-state index in [1.54, 1.807) is 30.3 Å². The molecule has 0 unspecified atom stereocenters. The number of ether oxygens (including phenoxy) is 1. The standard InChI is InChI=1S/C16H14F2N2O2/c1-11-5-4-8-14(19-11)20-15(21)10-9-12-6-2-3-7-13(12)22-16(17)18/h2-10,16H,1H3,(H,19,20,21)/b10-9+. The molecule has 0 atom stereocenters. The predicted molar refractivity (Wildman–Crippen MR) is 79.7 cm³/mol. The second-order valence-electron chi connectivity index (χ2n) is 4.40. The summed E-state index contributed by atoms with van der Waals surface area (Å²) in [6.07, 6.45) is 2.64. The van der Waals surface area contributed by atoms with Crippen molar-refractivity contribution >= 4 is 17.8 Å². The molecule has 0 radical (unpaired) electrons. The van der Waals surface area contributed by atoms with Crippen LogP contribution in [0, 0.1) is 6.92 Å². The van der Waals surface area contributed by atoms with Gasteiger partial charge in [0.25, 0.3) is 0 Å². The van der Waals surface area contributed by atoms with Crippen LogP contribution in [0.25, 0.3) is 6.08 Å². The summed E-state index contributed by atoms with van der Waals surface area (Å²) in [7, 11) is 0. The fourth-order valence-corrected chi connectivity index (χ4v) is 1.77. The number of pyridine rings is 1. The largest absolute Gasteiger partial charge is 0.434 e. The average molecular weight is 304 g/mol. The second-order valence-corrected chi connectivity index (χ2v) is 4.40. The Labute approximate surface area is 126 Å². The summed E-state index contributed by atoms with van der Waals surface area (Å²) >= 11 is 0. The Kier molecular flexibility index (Phi) is 5.19. The number of amides is 1. The number of anilines is 1. The van der Waals surface area contributed by atoms with Crippen molar-refractivity contribution in [3.05, 3.63) is 59.8 Å². The molecule has 0 bridgehead atoms. The van der Waals surface area contributed by atoms with Crippen LogP contribution < -0.4 is 10.1 Å². The zero-order valence-electron chi connectivity index (χ0n) is 11.8. The molecule has 0 saturated carbocycles. The van der Waals surface area contributed by atoms with Crippen LogP contribution in [0.4, 0.5) is 14.6 Å². The first-order valence-corrected chi connectivity index (χ1v) is 6.51. The molecule has 0 aliphatic heterocycles. The lowest BCUT2D eigenvalue weighted by Gasteiger charge is -2.07. The van der Waals surface area contributed by atoms with Crippen molar-refractivity contribution in [1.29, 1.82) is 0 Å². The van der Waals surface area contributed by atoms with E-state index in [-0.39, 0.29) is 5.75 Å². The summed E-state index contributed by atoms with van der Waals surface area (Å²) in [5.41, 5.74) is 1.16. The highest BCUT2D eigenvalue weighted by Gasteiger charge is 2.07. The molecule has 1 aromatic carbocycles. The van der Waals surface area contributed by atoms with Gasteiger partial charge in [0.2, 0.25) is 5.91 Å². The number of para-hydroxylation sites is 1. The van der Waals surface area contributed by atoms with Crippen LogP contribution in [0.1, 0.15) is 11.3 Å². The monoisotopic (exact) mass is 304 g/mol. The summed E-state index contributed by atoms with van der Waals surface area (Å²) in [6, 6.07) is 11.5. The molecule has 0 aliphatic carbocycles. The van der Waals surface area contributed by atoms with E-state index in [4.69, 9.17) is 0 Å². The molecule has 114 valence electrons. The van der Waals surface area contributed by atoms with Crippen molar-refractivity contribution in [2.45, 2.75) is 13.5 Å². The smallest absolute Gasteiger partial charge is 0.387 e. The third-order valence-corrected chi connectivity index (χ3v) is 2.69. The highest BCUT2D eigenvalue weighted by Crippen LogP contribution is 2.21. The van der Waals surface area contributed by atoms with Crippen LogP contribution in [0.15, 0.2) is 48.5 Å². The number of nitrogens with zero attached hydrogens (tertiary/aromatic N) is 1. The van der Waals surface area contributed by atoms with E-state index in [0.717, 1.165) is 5.69 Å². The quantitative estimate of drug-likeness (QED) is 0.858. The van der Waals surface area contributed by atoms with Crippen LogP contribution >= 0.6 is 0 Å². The zero-order chi connectivity index (χ0) is 15.9. The van der Waals surface area contributed by atoms with Gasteiger partial charge in [-0.25, -0.2) is 4.98 Å². The molecular formula is C16H14F2N2O2. The summed E-state index contributed by atoms with van der Waals surface area (Å²) in [5.74, 6) is 0.0203. The number of benzene rings is 1. The number of aromatic nitrogens is 1. The minimum atomic E-state index is -2.92. The van der Waals surface area contributed by atoms with Gasteiger partial charge >= 0.3 is 6.61 Å². The number of aryl methyl sites for hydroxylation is 1. The summed E-state index contributed by atoms with van der Waals surface area (Å²) in [4.78, 5) is 15.9. The predicted octanol–water partition coefficient (Wildman–Crippen LogP) is 3.64. The van der Waals surface area contributed by atoms with Crippen molar-refractivity contribution in [1.82, 2.24) is 4.98 Å². The van der Waals surface area contributed by atoms with Gasteiger partial charge in [-0.3, -0.25) is 4.79 Å². The Morgan fingerprint density at radius 3 is 2.73 bits per heavy atom. The Balaban J connectivity index is 2.07. The van der Waals surface area contributed by atoms with E-state index in [2.05, 4.69) is 15.0 Å². The van der Waals surface area contributed by atoms with Gasteiger partial charge in [-0.1, -0.05) is 24.3 Å². The molecule has 4 nitrogen and oxygen atoms in total. The maximum Gasteiger partial charge on any atom is 0.387 e. The topological polar surface area (TPSA) is 51.2 Å². The van der Waals surface area contributed by atoms with Crippen LogP contribution in [-0.2, 0) is 4.79 Å². The molecule has 1 heterocycles. The first kappa shape index (κ1) is 15.6. The van der Waals surface area contributed by atoms with Gasteiger partial charge in [-0.15, -0.1) is 0 Å². The van der Waals surface area contributed by atoms with Gasteiger partial charge in [0, 0.05) is 17.3 Å². The van der Waals surface area contributed by atoms with Crippen molar-refractivity contribution in [3.63, 3.8) is 0 Å². The summed E-state index contributed by atoms with van der Waals surface area (Å²) in [5, 5.41) is 2.59. The zero-order valence-corrected chi connectivity index (χ0v) is 11.8. The number of carbonyl (C=O) groups is 1. The van der Waals surface area contributed by atoms with Crippen LogP contribution in [0.2, 0.25) is 0 Å². The molecule has 2 rings (SSSR count). The van der Waals surface area contributed by atoms with E-state index in [1.165, 1.54) is 18.2 Å². The maximum atomic E-state index is 12.3. The van der Waals surface area contributed by atoms with Crippen molar-refractivity contribution in [2.75, 3.05) is 5.32 Å². The molecule has 6 heteroatoms. The highest BCUT2D eigenvalue weighted by atomic mass is 19.3. The molecule has 1 amide bonds. The average Bonchev–Trinajstić information content (AvgIpc) is 2.46. The molecule has 0 spiro atoms. The number of rotatable bonds is 5. The van der Waals surface area contributed by atoms with Crippen molar-refractivity contribution < 1.29 is 18.3 Å². The number of carbonyl (C=O) groups excluding carboxylic acids is 1. The molecule has 22 heavy (non-hydrogen) atoms. The van der Waals surface area contributed by atoms with Gasteiger partial charge in [-0.05, 0) is 31.2 Å². The fraction of sp³-hybridized carbons (Fsp3) is 0.125. The van der Waals surface area contributed by atoms with Crippen LogP contribution in [-0.4, -0.2) is 17.5 Å². The van der Waals surface area contributed by atoms with Gasteiger partial charge in [0.1, 0.15) is 11.6 Å². The number of hydrogen-bond donors (Lipinski definition) is 1. The van der Waals surface area contributed by atoms with Gasteiger partial charge in [0.05, 0.1) is 0 Å². The number of alkyl halides is 2. The van der Waals surface area contributed by atoms with E-state index < -0.39 is 12.5 Å². The van der Waals surface area contributed by atoms with Crippen LogP contribution in [0.3, 0.4) is 0 Å². The van der Waals surface area contributed by atoms with Gasteiger partial charge < -0.3 is 10.1 Å². The normalized spacial score (nSPS) is 10.9. The van der Waals surface area contributed by atoms with Crippen LogP contribution in [0.5, 0.6) is 5.75 Å². The fourth-order valence-electron chi connectivity index (χ4n) is 1.77. The minimum absolute atomic E-state index is 0.00947. The second kappa shape index (κ2) is 7.31. The number of nitrogens with one attached hydrogen (secondary N) is 1. The minimum Gasteiger partial charge on any atom is -0.434 e. The van der Waals surface area contributed by atoms with E-state index in [1.807, 2.05) is 13.0 Å². The molecule has 1 N–H and O–H groups in total. The lowest BCUT2D eigenvalue weighted by Crippen LogP contribution is -2.09. The third kappa shape index (κ3) is 4.66. The maximum absolute atomic E-state index is 12.3. The molecule has 1 aromatic heterocycles. The number of halogens is 2. The molecular weight excluding hydrogens is 290 g/mol. The lowest BCUT2D eigenvalue weighted by atomic mass is 10.2. The molecule has 0 fully saturated rings. The lowest BCUT2D eigenvalue weighted by molar-refractivity contribution is -0.111. The third-order valence-electron chi connectivity index (χ3n) is 2.69. The number of hydrogen-bond acceptors (Lipinski definition) is 3. The summed E-state index contributed by atoms with van der Waals surface area (Å²) < 4.78 is 29.0.